The van der Waals surface area contributed by atoms with Gasteiger partial charge in [-0.3, -0.25) is 5.32 Å². The van der Waals surface area contributed by atoms with E-state index in [2.05, 4.69) is 5.32 Å². The van der Waals surface area contributed by atoms with E-state index in [1.54, 1.807) is 0 Å². The second kappa shape index (κ2) is 3.46. The van der Waals surface area contributed by atoms with E-state index < -0.39 is 5.91 Å². The lowest BCUT2D eigenvalue weighted by Crippen LogP contribution is -2.40. The smallest absolute Gasteiger partial charge is 0.255 e. The Morgan fingerprint density at radius 2 is 1.77 bits per heavy atom. The quantitative estimate of drug-likeness (QED) is 0.736. The van der Waals surface area contributed by atoms with Crippen molar-refractivity contribution < 1.29 is 9.47 Å². The van der Waals surface area contributed by atoms with Crippen molar-refractivity contribution >= 4 is 0 Å². The summed E-state index contributed by atoms with van der Waals surface area (Å²) in [4.78, 5) is 0. The second-order valence-electron chi connectivity index (χ2n) is 2.93. The number of ether oxygens (including phenoxy) is 2. The van der Waals surface area contributed by atoms with E-state index in [1.807, 2.05) is 37.4 Å². The SMILES string of the molecule is CNC1(c2ccccc2)OCCO1. The van der Waals surface area contributed by atoms with Crippen LogP contribution in [0.5, 0.6) is 0 Å². The highest BCUT2D eigenvalue weighted by Gasteiger charge is 2.36. The zero-order valence-electron chi connectivity index (χ0n) is 7.62. The fourth-order valence-electron chi connectivity index (χ4n) is 1.53. The molecule has 1 saturated heterocycles. The first-order valence-electron chi connectivity index (χ1n) is 4.40. The Hall–Kier alpha value is -0.900. The van der Waals surface area contributed by atoms with Crippen molar-refractivity contribution in [2.24, 2.45) is 0 Å². The summed E-state index contributed by atoms with van der Waals surface area (Å²) in [7, 11) is 1.83. The molecular formula is C10H13NO2. The van der Waals surface area contributed by atoms with E-state index in [-0.39, 0.29) is 0 Å². The Kier molecular flexibility index (Phi) is 2.31. The summed E-state index contributed by atoms with van der Waals surface area (Å²) in [6, 6.07) is 9.89. The van der Waals surface area contributed by atoms with Gasteiger partial charge in [0.25, 0.3) is 5.91 Å². The predicted octanol–water partition coefficient (Wildman–Crippen LogP) is 1.06. The minimum atomic E-state index is -0.721. The molecule has 3 nitrogen and oxygen atoms in total. The summed E-state index contributed by atoms with van der Waals surface area (Å²) in [5.74, 6) is -0.721. The Balaban J connectivity index is 2.31. The van der Waals surface area contributed by atoms with Crippen molar-refractivity contribution in [1.29, 1.82) is 0 Å². The zero-order chi connectivity index (χ0) is 9.15. The molecular weight excluding hydrogens is 166 g/mol. The van der Waals surface area contributed by atoms with Crippen LogP contribution < -0.4 is 5.32 Å². The van der Waals surface area contributed by atoms with Crippen LogP contribution in [0.4, 0.5) is 0 Å². The highest BCUT2D eigenvalue weighted by molar-refractivity contribution is 5.20. The molecule has 0 amide bonds. The maximum atomic E-state index is 5.54. The van der Waals surface area contributed by atoms with Crippen LogP contribution >= 0.6 is 0 Å². The van der Waals surface area contributed by atoms with Gasteiger partial charge in [0.05, 0.1) is 13.2 Å². The van der Waals surface area contributed by atoms with Gasteiger partial charge >= 0.3 is 0 Å². The molecule has 1 heterocycles. The lowest BCUT2D eigenvalue weighted by molar-refractivity contribution is -0.186. The number of benzene rings is 1. The summed E-state index contributed by atoms with van der Waals surface area (Å²) < 4.78 is 11.1. The van der Waals surface area contributed by atoms with Crippen molar-refractivity contribution in [2.75, 3.05) is 20.3 Å². The first kappa shape index (κ1) is 8.69. The Labute approximate surface area is 77.7 Å². The highest BCUT2D eigenvalue weighted by atomic mass is 16.8. The van der Waals surface area contributed by atoms with Crippen LogP contribution in [-0.2, 0) is 15.4 Å². The van der Waals surface area contributed by atoms with Gasteiger partial charge in [-0.2, -0.15) is 0 Å². The zero-order valence-corrected chi connectivity index (χ0v) is 7.62. The minimum absolute atomic E-state index is 0.635. The van der Waals surface area contributed by atoms with E-state index in [1.165, 1.54) is 0 Å². The van der Waals surface area contributed by atoms with Crippen LogP contribution in [0.2, 0.25) is 0 Å². The van der Waals surface area contributed by atoms with Gasteiger partial charge in [0.1, 0.15) is 0 Å². The van der Waals surface area contributed by atoms with Gasteiger partial charge in [0.15, 0.2) is 0 Å². The third kappa shape index (κ3) is 1.46. The monoisotopic (exact) mass is 179 g/mol. The first-order chi connectivity index (χ1) is 6.37. The maximum Gasteiger partial charge on any atom is 0.255 e. The third-order valence-corrected chi connectivity index (χ3v) is 2.18. The fourth-order valence-corrected chi connectivity index (χ4v) is 1.53. The maximum absolute atomic E-state index is 5.54. The predicted molar refractivity (Wildman–Crippen MR) is 49.1 cm³/mol. The molecule has 1 N–H and O–H groups in total. The van der Waals surface area contributed by atoms with Crippen LogP contribution in [-0.4, -0.2) is 20.3 Å². The minimum Gasteiger partial charge on any atom is -0.331 e. The average Bonchev–Trinajstić information content (AvgIpc) is 2.69. The van der Waals surface area contributed by atoms with Crippen molar-refractivity contribution in [1.82, 2.24) is 5.32 Å². The summed E-state index contributed by atoms with van der Waals surface area (Å²) in [5, 5.41) is 3.05. The van der Waals surface area contributed by atoms with Crippen molar-refractivity contribution in [3.63, 3.8) is 0 Å². The molecule has 0 unspecified atom stereocenters. The summed E-state index contributed by atoms with van der Waals surface area (Å²) in [6.45, 7) is 1.27. The molecule has 0 bridgehead atoms. The average molecular weight is 179 g/mol. The molecule has 0 radical (unpaired) electrons. The number of rotatable bonds is 2. The molecule has 0 saturated carbocycles. The van der Waals surface area contributed by atoms with Crippen LogP contribution in [0.15, 0.2) is 30.3 Å². The van der Waals surface area contributed by atoms with Gasteiger partial charge in [-0.1, -0.05) is 30.3 Å². The van der Waals surface area contributed by atoms with Gasteiger partial charge in [0, 0.05) is 5.56 Å². The number of nitrogens with one attached hydrogen (secondary N) is 1. The largest absolute Gasteiger partial charge is 0.331 e. The molecule has 70 valence electrons. The van der Waals surface area contributed by atoms with Gasteiger partial charge in [-0.05, 0) is 7.05 Å². The molecule has 2 rings (SSSR count). The molecule has 0 aromatic heterocycles. The lowest BCUT2D eigenvalue weighted by atomic mass is 10.1. The van der Waals surface area contributed by atoms with Gasteiger partial charge in [0.2, 0.25) is 0 Å². The lowest BCUT2D eigenvalue weighted by Gasteiger charge is -2.26. The molecule has 13 heavy (non-hydrogen) atoms. The van der Waals surface area contributed by atoms with Crippen LogP contribution in [0.1, 0.15) is 5.56 Å². The first-order valence-corrected chi connectivity index (χ1v) is 4.40. The number of hydrogen-bond donors (Lipinski definition) is 1. The summed E-state index contributed by atoms with van der Waals surface area (Å²) in [5.41, 5.74) is 1.01. The topological polar surface area (TPSA) is 30.5 Å². The molecule has 1 aromatic rings. The van der Waals surface area contributed by atoms with Crippen LogP contribution in [0.25, 0.3) is 0 Å². The Morgan fingerprint density at radius 1 is 1.15 bits per heavy atom. The Morgan fingerprint density at radius 3 is 2.31 bits per heavy atom. The van der Waals surface area contributed by atoms with Gasteiger partial charge in [-0.25, -0.2) is 0 Å². The fraction of sp³-hybridized carbons (Fsp3) is 0.400. The van der Waals surface area contributed by atoms with Gasteiger partial charge in [-0.15, -0.1) is 0 Å². The van der Waals surface area contributed by atoms with E-state index in [9.17, 15) is 0 Å². The Bertz CT molecular complexity index is 268. The molecule has 0 spiro atoms. The van der Waals surface area contributed by atoms with Crippen molar-refractivity contribution in [3.05, 3.63) is 35.9 Å². The molecule has 1 fully saturated rings. The molecule has 1 aromatic carbocycles. The van der Waals surface area contributed by atoms with Crippen molar-refractivity contribution in [3.8, 4) is 0 Å². The van der Waals surface area contributed by atoms with E-state index in [0.717, 1.165) is 5.56 Å². The molecule has 0 atom stereocenters. The molecule has 0 aliphatic carbocycles. The molecule has 1 aliphatic rings. The molecule has 1 aliphatic heterocycles. The van der Waals surface area contributed by atoms with Crippen molar-refractivity contribution in [2.45, 2.75) is 5.91 Å². The van der Waals surface area contributed by atoms with Crippen LogP contribution in [0, 0.1) is 0 Å². The van der Waals surface area contributed by atoms with E-state index >= 15 is 0 Å². The summed E-state index contributed by atoms with van der Waals surface area (Å²) >= 11 is 0. The molecule has 3 heteroatoms. The van der Waals surface area contributed by atoms with E-state index in [4.69, 9.17) is 9.47 Å². The summed E-state index contributed by atoms with van der Waals surface area (Å²) in [6.07, 6.45) is 0. The highest BCUT2D eigenvalue weighted by Crippen LogP contribution is 2.27. The second-order valence-corrected chi connectivity index (χ2v) is 2.93. The standard InChI is InChI=1S/C10H13NO2/c1-11-10(12-7-8-13-10)9-5-3-2-4-6-9/h2-6,11H,7-8H2,1H3. The third-order valence-electron chi connectivity index (χ3n) is 2.18. The normalized spacial score (nSPS) is 20.4. The van der Waals surface area contributed by atoms with Crippen LogP contribution in [0.3, 0.4) is 0 Å². The number of hydrogen-bond acceptors (Lipinski definition) is 3. The van der Waals surface area contributed by atoms with Gasteiger partial charge < -0.3 is 9.47 Å². The van der Waals surface area contributed by atoms with E-state index in [0.29, 0.717) is 13.2 Å².